The molecule has 27 heavy (non-hydrogen) atoms. The molecule has 6 nitrogen and oxygen atoms in total. The molecule has 0 spiro atoms. The smallest absolute Gasteiger partial charge is 0.227 e. The molecule has 6 heteroatoms. The topological polar surface area (TPSA) is 56.6 Å². The van der Waals surface area contributed by atoms with E-state index in [1.807, 2.05) is 36.4 Å². The average Bonchev–Trinajstić information content (AvgIpc) is 3.27. The van der Waals surface area contributed by atoms with Crippen molar-refractivity contribution in [1.82, 2.24) is 9.55 Å². The number of nitrogens with zero attached hydrogens (tertiary/aromatic N) is 3. The first kappa shape index (κ1) is 17.4. The highest BCUT2D eigenvalue weighted by Gasteiger charge is 2.36. The Bertz CT molecular complexity index is 996. The molecule has 0 N–H and O–H groups in total. The predicted molar refractivity (Wildman–Crippen MR) is 105 cm³/mol. The van der Waals surface area contributed by atoms with Crippen molar-refractivity contribution in [2.24, 2.45) is 0 Å². The minimum Gasteiger partial charge on any atom is -0.497 e. The highest BCUT2D eigenvalue weighted by molar-refractivity contribution is 5.98. The number of carbonyl (C=O) groups is 1. The van der Waals surface area contributed by atoms with Gasteiger partial charge in [-0.15, -0.1) is 0 Å². The van der Waals surface area contributed by atoms with Crippen LogP contribution in [0.3, 0.4) is 0 Å². The van der Waals surface area contributed by atoms with E-state index in [-0.39, 0.29) is 11.8 Å². The first-order valence-corrected chi connectivity index (χ1v) is 9.13. The van der Waals surface area contributed by atoms with Crippen molar-refractivity contribution < 1.29 is 14.3 Å². The highest BCUT2D eigenvalue weighted by atomic mass is 16.5. The van der Waals surface area contributed by atoms with Crippen molar-refractivity contribution >= 4 is 22.6 Å². The molecule has 1 aliphatic heterocycles. The number of carbonyl (C=O) groups excluding carboxylic acids is 1. The van der Waals surface area contributed by atoms with E-state index in [2.05, 4.69) is 17.6 Å². The molecule has 4 rings (SSSR count). The van der Waals surface area contributed by atoms with Crippen LogP contribution >= 0.6 is 0 Å². The van der Waals surface area contributed by atoms with E-state index in [1.165, 1.54) is 0 Å². The van der Waals surface area contributed by atoms with E-state index < -0.39 is 0 Å². The normalized spacial score (nSPS) is 16.9. The van der Waals surface area contributed by atoms with E-state index in [4.69, 9.17) is 14.5 Å². The molecular weight excluding hydrogens is 342 g/mol. The highest BCUT2D eigenvalue weighted by Crippen LogP contribution is 2.38. The second-order valence-electron chi connectivity index (χ2n) is 6.65. The van der Waals surface area contributed by atoms with E-state index in [1.54, 1.807) is 19.1 Å². The van der Waals surface area contributed by atoms with Crippen LogP contribution in [0.2, 0.25) is 0 Å². The molecule has 1 aromatic heterocycles. The van der Waals surface area contributed by atoms with Gasteiger partial charge >= 0.3 is 0 Å². The minimum atomic E-state index is 0.0424. The van der Waals surface area contributed by atoms with Crippen molar-refractivity contribution in [1.29, 1.82) is 0 Å². The first-order chi connectivity index (χ1) is 13.2. The average molecular weight is 365 g/mol. The molecule has 140 valence electrons. The van der Waals surface area contributed by atoms with Crippen LogP contribution < -0.4 is 14.4 Å². The third-order valence-corrected chi connectivity index (χ3v) is 5.17. The number of aromatic nitrogens is 2. The van der Waals surface area contributed by atoms with Gasteiger partial charge in [0.1, 0.15) is 17.3 Å². The fourth-order valence-corrected chi connectivity index (χ4v) is 3.86. The Kier molecular flexibility index (Phi) is 4.48. The number of anilines is 1. The lowest BCUT2D eigenvalue weighted by molar-refractivity contribution is -0.117. The molecule has 1 aliphatic rings. The second kappa shape index (κ2) is 6.95. The maximum absolute atomic E-state index is 12.8. The summed E-state index contributed by atoms with van der Waals surface area (Å²) >= 11 is 0. The molecule has 0 bridgehead atoms. The molecule has 1 atom stereocenters. The monoisotopic (exact) mass is 365 g/mol. The number of para-hydroxylation sites is 2. The zero-order valence-corrected chi connectivity index (χ0v) is 15.8. The van der Waals surface area contributed by atoms with Gasteiger partial charge in [0.2, 0.25) is 5.91 Å². The van der Waals surface area contributed by atoms with Gasteiger partial charge in [0.05, 0.1) is 30.9 Å². The summed E-state index contributed by atoms with van der Waals surface area (Å²) in [5.41, 5.74) is 2.82. The molecule has 1 saturated heterocycles. The third-order valence-electron chi connectivity index (χ3n) is 5.17. The van der Waals surface area contributed by atoms with Gasteiger partial charge in [0, 0.05) is 31.5 Å². The van der Waals surface area contributed by atoms with Crippen LogP contribution in [0.1, 0.15) is 25.1 Å². The van der Waals surface area contributed by atoms with Crippen molar-refractivity contribution in [2.75, 3.05) is 25.7 Å². The van der Waals surface area contributed by atoms with Gasteiger partial charge in [-0.3, -0.25) is 4.79 Å². The van der Waals surface area contributed by atoms with Gasteiger partial charge < -0.3 is 18.9 Å². The number of ether oxygens (including phenoxy) is 2. The molecule has 0 radical (unpaired) electrons. The Morgan fingerprint density at radius 3 is 2.70 bits per heavy atom. The fourth-order valence-electron chi connectivity index (χ4n) is 3.86. The number of fused-ring (bicyclic) bond motifs is 1. The maximum atomic E-state index is 12.8. The lowest BCUT2D eigenvalue weighted by Gasteiger charge is -2.20. The number of hydrogen-bond acceptors (Lipinski definition) is 4. The molecule has 0 saturated carbocycles. The van der Waals surface area contributed by atoms with Crippen molar-refractivity contribution in [3.05, 3.63) is 48.3 Å². The summed E-state index contributed by atoms with van der Waals surface area (Å²) in [6.07, 6.45) is 0.434. The molecular formula is C21H23N3O3. The number of amides is 1. The quantitative estimate of drug-likeness (QED) is 0.693. The molecule has 2 aromatic carbocycles. The number of rotatable bonds is 5. The maximum Gasteiger partial charge on any atom is 0.227 e. The third kappa shape index (κ3) is 2.91. The van der Waals surface area contributed by atoms with Gasteiger partial charge in [-0.05, 0) is 31.2 Å². The molecule has 0 unspecified atom stereocenters. The summed E-state index contributed by atoms with van der Waals surface area (Å²) in [4.78, 5) is 19.4. The zero-order chi connectivity index (χ0) is 19.0. The Morgan fingerprint density at radius 2 is 1.96 bits per heavy atom. The van der Waals surface area contributed by atoms with Crippen molar-refractivity contribution in [3.63, 3.8) is 0 Å². The van der Waals surface area contributed by atoms with E-state index in [9.17, 15) is 4.79 Å². The Balaban J connectivity index is 1.71. The summed E-state index contributed by atoms with van der Waals surface area (Å²) in [7, 11) is 3.23. The van der Waals surface area contributed by atoms with Gasteiger partial charge in [-0.25, -0.2) is 4.98 Å². The molecule has 1 amide bonds. The Labute approximate surface area is 158 Å². The van der Waals surface area contributed by atoms with Crippen LogP contribution in [0.25, 0.3) is 11.0 Å². The largest absolute Gasteiger partial charge is 0.497 e. The van der Waals surface area contributed by atoms with Gasteiger partial charge in [-0.1, -0.05) is 12.1 Å². The van der Waals surface area contributed by atoms with Crippen LogP contribution in [-0.2, 0) is 11.3 Å². The predicted octanol–water partition coefficient (Wildman–Crippen LogP) is 3.59. The van der Waals surface area contributed by atoms with Gasteiger partial charge in [-0.2, -0.15) is 0 Å². The summed E-state index contributed by atoms with van der Waals surface area (Å²) < 4.78 is 13.0. The molecule has 3 aromatic rings. The number of benzene rings is 2. The Morgan fingerprint density at radius 1 is 1.15 bits per heavy atom. The molecule has 0 aliphatic carbocycles. The SMILES string of the molecule is CCn1c([C@H]2CC(=O)N(c3cc(OC)ccc3OC)C2)nc2ccccc21. The Hall–Kier alpha value is -3.02. The van der Waals surface area contributed by atoms with Crippen LogP contribution in [0, 0.1) is 0 Å². The van der Waals surface area contributed by atoms with Crippen molar-refractivity contribution in [2.45, 2.75) is 25.8 Å². The molecule has 1 fully saturated rings. The van der Waals surface area contributed by atoms with Gasteiger partial charge in [0.15, 0.2) is 0 Å². The fraction of sp³-hybridized carbons (Fsp3) is 0.333. The molecule has 2 heterocycles. The summed E-state index contributed by atoms with van der Waals surface area (Å²) in [5, 5.41) is 0. The van der Waals surface area contributed by atoms with Crippen LogP contribution in [0.15, 0.2) is 42.5 Å². The lowest BCUT2D eigenvalue weighted by Crippen LogP contribution is -2.25. The minimum absolute atomic E-state index is 0.0424. The van der Waals surface area contributed by atoms with E-state index in [0.29, 0.717) is 24.5 Å². The second-order valence-corrected chi connectivity index (χ2v) is 6.65. The summed E-state index contributed by atoms with van der Waals surface area (Å²) in [5.74, 6) is 2.44. The number of aryl methyl sites for hydroxylation is 1. The number of hydrogen-bond donors (Lipinski definition) is 0. The van der Waals surface area contributed by atoms with Crippen molar-refractivity contribution in [3.8, 4) is 11.5 Å². The number of methoxy groups -OCH3 is 2. The summed E-state index contributed by atoms with van der Waals surface area (Å²) in [6.45, 7) is 3.51. The van der Waals surface area contributed by atoms with E-state index in [0.717, 1.165) is 29.1 Å². The first-order valence-electron chi connectivity index (χ1n) is 9.13. The van der Waals surface area contributed by atoms with Crippen LogP contribution in [-0.4, -0.2) is 36.2 Å². The lowest BCUT2D eigenvalue weighted by atomic mass is 10.1. The zero-order valence-electron chi connectivity index (χ0n) is 15.8. The van der Waals surface area contributed by atoms with E-state index >= 15 is 0 Å². The number of imidazole rings is 1. The summed E-state index contributed by atoms with van der Waals surface area (Å²) in [6, 6.07) is 13.6. The van der Waals surface area contributed by atoms with Crippen LogP contribution in [0.5, 0.6) is 11.5 Å². The van der Waals surface area contributed by atoms with Gasteiger partial charge in [0.25, 0.3) is 0 Å². The standard InChI is InChI=1S/C21H23N3O3/c1-4-23-17-8-6-5-7-16(17)22-21(23)14-11-20(25)24(13-14)18-12-15(26-2)9-10-19(18)27-3/h5-10,12,14H,4,11,13H2,1-3H3/t14-/m0/s1. The van der Waals surface area contributed by atoms with Crippen LogP contribution in [0.4, 0.5) is 5.69 Å².